The van der Waals surface area contributed by atoms with Crippen LogP contribution in [-0.2, 0) is 6.42 Å². The molecule has 1 N–H and O–H groups in total. The van der Waals surface area contributed by atoms with Gasteiger partial charge in [-0.2, -0.15) is 0 Å². The molecular formula is C12H13NO3S. The molecule has 0 atom stereocenters. The first kappa shape index (κ1) is 11.9. The second kappa shape index (κ2) is 4.71. The van der Waals surface area contributed by atoms with Crippen LogP contribution in [0.2, 0.25) is 0 Å². The predicted octanol–water partition coefficient (Wildman–Crippen LogP) is 3.36. The average Bonchev–Trinajstić information content (AvgIpc) is 2.85. The molecule has 0 aliphatic heterocycles. The fourth-order valence-corrected chi connectivity index (χ4v) is 2.49. The number of hydrogen-bond acceptors (Lipinski definition) is 4. The maximum atomic E-state index is 11.1. The quantitative estimate of drug-likeness (QED) is 0.905. The maximum Gasteiger partial charge on any atom is 0.347 e. The molecule has 0 aromatic carbocycles. The lowest BCUT2D eigenvalue weighted by atomic mass is 10.2. The van der Waals surface area contributed by atoms with Crippen molar-refractivity contribution in [2.45, 2.75) is 26.7 Å². The van der Waals surface area contributed by atoms with Crippen LogP contribution < -0.4 is 0 Å². The van der Waals surface area contributed by atoms with Crippen molar-refractivity contribution in [1.82, 2.24) is 4.98 Å². The van der Waals surface area contributed by atoms with Crippen LogP contribution in [0.3, 0.4) is 0 Å². The van der Waals surface area contributed by atoms with Crippen molar-refractivity contribution in [2.24, 2.45) is 0 Å². The first-order chi connectivity index (χ1) is 8.11. The summed E-state index contributed by atoms with van der Waals surface area (Å²) in [6.45, 7) is 3.85. The molecule has 2 aromatic heterocycles. The van der Waals surface area contributed by atoms with E-state index in [1.54, 1.807) is 0 Å². The fraction of sp³-hybridized carbons (Fsp3) is 0.333. The normalized spacial score (nSPS) is 10.7. The summed E-state index contributed by atoms with van der Waals surface area (Å²) in [4.78, 5) is 15.8. The number of carboxylic acids is 1. The molecular weight excluding hydrogens is 238 g/mol. The molecule has 2 heterocycles. The molecule has 0 saturated carbocycles. The zero-order valence-corrected chi connectivity index (χ0v) is 10.5. The van der Waals surface area contributed by atoms with Crippen molar-refractivity contribution in [3.8, 4) is 10.8 Å². The van der Waals surface area contributed by atoms with Crippen LogP contribution in [0.4, 0.5) is 0 Å². The Morgan fingerprint density at radius 2 is 2.29 bits per heavy atom. The van der Waals surface area contributed by atoms with Gasteiger partial charge in [-0.15, -0.1) is 11.3 Å². The first-order valence-electron chi connectivity index (χ1n) is 5.41. The topological polar surface area (TPSA) is 63.3 Å². The van der Waals surface area contributed by atoms with Crippen molar-refractivity contribution in [2.75, 3.05) is 0 Å². The average molecular weight is 251 g/mol. The van der Waals surface area contributed by atoms with Crippen LogP contribution in [0.15, 0.2) is 16.5 Å². The van der Waals surface area contributed by atoms with Crippen molar-refractivity contribution < 1.29 is 14.3 Å². The van der Waals surface area contributed by atoms with Crippen LogP contribution >= 0.6 is 11.3 Å². The van der Waals surface area contributed by atoms with Gasteiger partial charge in [-0.25, -0.2) is 9.78 Å². The summed E-state index contributed by atoms with van der Waals surface area (Å²) in [7, 11) is 0. The number of aromatic carboxylic acids is 1. The molecule has 0 radical (unpaired) electrons. The number of aryl methyl sites for hydroxylation is 2. The minimum absolute atomic E-state index is 0.316. The van der Waals surface area contributed by atoms with Gasteiger partial charge < -0.3 is 9.52 Å². The largest absolute Gasteiger partial charge is 0.477 e. The van der Waals surface area contributed by atoms with Gasteiger partial charge in [0.2, 0.25) is 0 Å². The van der Waals surface area contributed by atoms with Gasteiger partial charge in [0.15, 0.2) is 10.8 Å². The monoisotopic (exact) mass is 251 g/mol. The minimum Gasteiger partial charge on any atom is -0.477 e. The van der Waals surface area contributed by atoms with E-state index in [0.717, 1.165) is 12.2 Å². The SMILES string of the molecule is CCCc1nc(-c2ccc(C)o2)sc1C(=O)O. The van der Waals surface area contributed by atoms with Gasteiger partial charge in [0.1, 0.15) is 10.6 Å². The zero-order chi connectivity index (χ0) is 12.4. The lowest BCUT2D eigenvalue weighted by Crippen LogP contribution is -1.98. The molecule has 0 spiro atoms. The molecule has 5 heteroatoms. The molecule has 0 saturated heterocycles. The van der Waals surface area contributed by atoms with Gasteiger partial charge in [-0.3, -0.25) is 0 Å². The summed E-state index contributed by atoms with van der Waals surface area (Å²) in [5.41, 5.74) is 0.647. The van der Waals surface area contributed by atoms with Crippen LogP contribution in [0.25, 0.3) is 10.8 Å². The summed E-state index contributed by atoms with van der Waals surface area (Å²) in [5.74, 6) is 0.516. The second-order valence-electron chi connectivity index (χ2n) is 3.76. The minimum atomic E-state index is -0.916. The molecule has 0 bridgehead atoms. The molecule has 2 aromatic rings. The van der Waals surface area contributed by atoms with E-state index in [4.69, 9.17) is 9.52 Å². The Morgan fingerprint density at radius 3 is 2.82 bits per heavy atom. The van der Waals surface area contributed by atoms with Gasteiger partial charge in [0.25, 0.3) is 0 Å². The maximum absolute atomic E-state index is 11.1. The summed E-state index contributed by atoms with van der Waals surface area (Å²) < 4.78 is 5.45. The summed E-state index contributed by atoms with van der Waals surface area (Å²) in [5, 5.41) is 9.74. The highest BCUT2D eigenvalue weighted by Gasteiger charge is 2.18. The van der Waals surface area contributed by atoms with E-state index in [2.05, 4.69) is 4.98 Å². The van der Waals surface area contributed by atoms with Crippen molar-refractivity contribution in [3.05, 3.63) is 28.5 Å². The Morgan fingerprint density at radius 1 is 1.53 bits per heavy atom. The lowest BCUT2D eigenvalue weighted by Gasteiger charge is -1.93. The number of aromatic nitrogens is 1. The number of hydrogen-bond donors (Lipinski definition) is 1. The standard InChI is InChI=1S/C12H13NO3S/c1-3-4-8-10(12(14)15)17-11(13-8)9-6-5-7(2)16-9/h5-6H,3-4H2,1-2H3,(H,14,15). The van der Waals surface area contributed by atoms with Gasteiger partial charge in [-0.05, 0) is 25.5 Å². The third-order valence-electron chi connectivity index (χ3n) is 2.33. The molecule has 0 aliphatic carbocycles. The molecule has 0 unspecified atom stereocenters. The number of thiazole rings is 1. The number of furan rings is 1. The van der Waals surface area contributed by atoms with Gasteiger partial charge in [0.05, 0.1) is 5.69 Å². The molecule has 4 nitrogen and oxygen atoms in total. The zero-order valence-electron chi connectivity index (χ0n) is 9.69. The van der Waals surface area contributed by atoms with E-state index < -0.39 is 5.97 Å². The summed E-state index contributed by atoms with van der Waals surface area (Å²) in [6, 6.07) is 3.66. The van der Waals surface area contributed by atoms with Crippen LogP contribution in [-0.4, -0.2) is 16.1 Å². The Labute approximate surface area is 103 Å². The van der Waals surface area contributed by atoms with Gasteiger partial charge >= 0.3 is 5.97 Å². The summed E-state index contributed by atoms with van der Waals surface area (Å²) >= 11 is 1.17. The second-order valence-corrected chi connectivity index (χ2v) is 4.76. The highest BCUT2D eigenvalue weighted by molar-refractivity contribution is 7.16. The number of carbonyl (C=O) groups is 1. The third-order valence-corrected chi connectivity index (χ3v) is 3.43. The van der Waals surface area contributed by atoms with Crippen LogP contribution in [0.5, 0.6) is 0 Å². The van der Waals surface area contributed by atoms with Gasteiger partial charge in [-0.1, -0.05) is 13.3 Å². The molecule has 17 heavy (non-hydrogen) atoms. The Hall–Kier alpha value is -1.62. The molecule has 0 aliphatic rings. The fourth-order valence-electron chi connectivity index (χ4n) is 1.58. The Kier molecular flexibility index (Phi) is 3.28. The van der Waals surface area contributed by atoms with Crippen LogP contribution in [0.1, 0.15) is 34.5 Å². The van der Waals surface area contributed by atoms with E-state index in [0.29, 0.717) is 27.8 Å². The smallest absolute Gasteiger partial charge is 0.347 e. The molecule has 90 valence electrons. The van der Waals surface area contributed by atoms with Crippen LogP contribution in [0, 0.1) is 6.92 Å². The molecule has 2 rings (SSSR count). The lowest BCUT2D eigenvalue weighted by molar-refractivity contribution is 0.0700. The van der Waals surface area contributed by atoms with Crippen molar-refractivity contribution >= 4 is 17.3 Å². The number of carboxylic acid groups (broad SMARTS) is 1. The highest BCUT2D eigenvalue weighted by Crippen LogP contribution is 2.30. The number of rotatable bonds is 4. The molecule has 0 fully saturated rings. The Balaban J connectivity index is 2.43. The van der Waals surface area contributed by atoms with E-state index in [9.17, 15) is 4.79 Å². The van der Waals surface area contributed by atoms with Gasteiger partial charge in [0, 0.05) is 0 Å². The van der Waals surface area contributed by atoms with E-state index >= 15 is 0 Å². The van der Waals surface area contributed by atoms with Crippen molar-refractivity contribution in [3.63, 3.8) is 0 Å². The Bertz CT molecular complexity index is 542. The summed E-state index contributed by atoms with van der Waals surface area (Å²) in [6.07, 6.45) is 1.55. The first-order valence-corrected chi connectivity index (χ1v) is 6.23. The van der Waals surface area contributed by atoms with Crippen molar-refractivity contribution in [1.29, 1.82) is 0 Å². The van der Waals surface area contributed by atoms with E-state index in [1.807, 2.05) is 26.0 Å². The third kappa shape index (κ3) is 2.39. The van der Waals surface area contributed by atoms with E-state index in [-0.39, 0.29) is 0 Å². The molecule has 0 amide bonds. The predicted molar refractivity (Wildman–Crippen MR) is 65.5 cm³/mol. The van der Waals surface area contributed by atoms with E-state index in [1.165, 1.54) is 11.3 Å². The highest BCUT2D eigenvalue weighted by atomic mass is 32.1. The number of nitrogens with zero attached hydrogens (tertiary/aromatic N) is 1.